The van der Waals surface area contributed by atoms with Crippen LogP contribution in [0.5, 0.6) is 0 Å². The molecule has 3 aromatic rings. The lowest BCUT2D eigenvalue weighted by Gasteiger charge is -2.01. The summed E-state index contributed by atoms with van der Waals surface area (Å²) in [6, 6.07) is 7.19. The highest BCUT2D eigenvalue weighted by Crippen LogP contribution is 2.25. The summed E-state index contributed by atoms with van der Waals surface area (Å²) in [5.41, 5.74) is 8.94. The maximum Gasteiger partial charge on any atom is 0.150 e. The Hall–Kier alpha value is -2.69. The van der Waals surface area contributed by atoms with E-state index < -0.39 is 0 Å². The number of nitrogen functional groups attached to an aromatic ring is 1. The smallest absolute Gasteiger partial charge is 0.150 e. The van der Waals surface area contributed by atoms with Crippen LogP contribution in [0.3, 0.4) is 0 Å². The van der Waals surface area contributed by atoms with Crippen molar-refractivity contribution in [3.63, 3.8) is 0 Å². The van der Waals surface area contributed by atoms with Crippen molar-refractivity contribution < 1.29 is 4.79 Å². The number of hydrogen-bond donors (Lipinski definition) is 1. The second-order valence-corrected chi connectivity index (χ2v) is 3.90. The van der Waals surface area contributed by atoms with Crippen molar-refractivity contribution in [3.05, 3.63) is 48.5 Å². The third-order valence-electron chi connectivity index (χ3n) is 2.80. The van der Waals surface area contributed by atoms with E-state index in [1.807, 2.05) is 16.5 Å². The van der Waals surface area contributed by atoms with Crippen LogP contribution in [-0.4, -0.2) is 20.7 Å². The monoisotopic (exact) mass is 238 g/mol. The molecule has 0 fully saturated rings. The summed E-state index contributed by atoms with van der Waals surface area (Å²) in [4.78, 5) is 19.0. The number of carbonyl (C=O) groups is 1. The van der Waals surface area contributed by atoms with Crippen molar-refractivity contribution >= 4 is 17.6 Å². The molecule has 0 saturated heterocycles. The Morgan fingerprint density at radius 2 is 1.94 bits per heavy atom. The molecule has 0 unspecified atom stereocenters. The zero-order valence-corrected chi connectivity index (χ0v) is 9.45. The fourth-order valence-electron chi connectivity index (χ4n) is 1.91. The Balaban J connectivity index is 2.21. The van der Waals surface area contributed by atoms with Gasteiger partial charge in [0.2, 0.25) is 0 Å². The van der Waals surface area contributed by atoms with Gasteiger partial charge in [-0.25, -0.2) is 9.97 Å². The van der Waals surface area contributed by atoms with Crippen LogP contribution < -0.4 is 5.73 Å². The van der Waals surface area contributed by atoms with Gasteiger partial charge in [0.05, 0.1) is 5.69 Å². The molecule has 2 N–H and O–H groups in total. The van der Waals surface area contributed by atoms with E-state index in [1.165, 1.54) is 0 Å². The number of rotatable bonds is 2. The Morgan fingerprint density at radius 3 is 2.67 bits per heavy atom. The number of nitrogens with zero attached hydrogens (tertiary/aromatic N) is 3. The van der Waals surface area contributed by atoms with E-state index >= 15 is 0 Å². The van der Waals surface area contributed by atoms with Gasteiger partial charge < -0.3 is 10.1 Å². The molecule has 1 aromatic carbocycles. The number of hydrogen-bond acceptors (Lipinski definition) is 4. The molecule has 0 amide bonds. The van der Waals surface area contributed by atoms with Crippen molar-refractivity contribution in [2.75, 3.05) is 5.73 Å². The Bertz CT molecular complexity index is 715. The van der Waals surface area contributed by atoms with E-state index in [1.54, 1.807) is 30.9 Å². The van der Waals surface area contributed by atoms with Gasteiger partial charge in [-0.3, -0.25) is 4.79 Å². The molecule has 0 bridgehead atoms. The number of anilines is 1. The standard InChI is InChI=1S/C13H10N4O/c14-13-12-11(16-8-17(12)6-5-15-13)10-3-1-9(7-18)2-4-10/h1-8H,(H2,14,15). The molecule has 0 spiro atoms. The molecule has 0 aliphatic heterocycles. The van der Waals surface area contributed by atoms with Crippen LogP contribution in [0.25, 0.3) is 16.8 Å². The van der Waals surface area contributed by atoms with Gasteiger partial charge in [0, 0.05) is 23.5 Å². The van der Waals surface area contributed by atoms with Gasteiger partial charge in [0.1, 0.15) is 23.9 Å². The molecule has 0 radical (unpaired) electrons. The van der Waals surface area contributed by atoms with Crippen molar-refractivity contribution in [2.24, 2.45) is 0 Å². The number of carbonyl (C=O) groups excluding carboxylic acids is 1. The summed E-state index contributed by atoms with van der Waals surface area (Å²) in [6.07, 6.45) is 5.92. The lowest BCUT2D eigenvalue weighted by molar-refractivity contribution is 0.112. The minimum atomic E-state index is 0.435. The highest BCUT2D eigenvalue weighted by molar-refractivity contribution is 5.85. The van der Waals surface area contributed by atoms with E-state index in [0.29, 0.717) is 11.4 Å². The van der Waals surface area contributed by atoms with Crippen LogP contribution in [0, 0.1) is 0 Å². The highest BCUT2D eigenvalue weighted by atomic mass is 16.1. The van der Waals surface area contributed by atoms with Crippen molar-refractivity contribution in [1.82, 2.24) is 14.4 Å². The molecule has 2 heterocycles. The molecule has 0 atom stereocenters. The van der Waals surface area contributed by atoms with Gasteiger partial charge >= 0.3 is 0 Å². The molecule has 5 heteroatoms. The Morgan fingerprint density at radius 1 is 1.17 bits per heavy atom. The van der Waals surface area contributed by atoms with Crippen LogP contribution in [0.4, 0.5) is 5.82 Å². The van der Waals surface area contributed by atoms with Gasteiger partial charge in [-0.05, 0) is 0 Å². The zero-order chi connectivity index (χ0) is 12.5. The van der Waals surface area contributed by atoms with E-state index in [2.05, 4.69) is 9.97 Å². The molecule has 88 valence electrons. The second-order valence-electron chi connectivity index (χ2n) is 3.90. The fourth-order valence-corrected chi connectivity index (χ4v) is 1.91. The molecule has 0 aliphatic rings. The average Bonchev–Trinajstić information content (AvgIpc) is 2.84. The van der Waals surface area contributed by atoms with E-state index in [4.69, 9.17) is 5.73 Å². The van der Waals surface area contributed by atoms with Crippen LogP contribution in [0.1, 0.15) is 10.4 Å². The zero-order valence-electron chi connectivity index (χ0n) is 9.45. The summed E-state index contributed by atoms with van der Waals surface area (Å²) in [6.45, 7) is 0. The summed E-state index contributed by atoms with van der Waals surface area (Å²) in [7, 11) is 0. The molecular weight excluding hydrogens is 228 g/mol. The van der Waals surface area contributed by atoms with Gasteiger partial charge in [-0.1, -0.05) is 24.3 Å². The predicted molar refractivity (Wildman–Crippen MR) is 68.2 cm³/mol. The van der Waals surface area contributed by atoms with E-state index in [9.17, 15) is 4.79 Å². The topological polar surface area (TPSA) is 73.3 Å². The highest BCUT2D eigenvalue weighted by Gasteiger charge is 2.10. The average molecular weight is 238 g/mol. The third kappa shape index (κ3) is 1.53. The first-order valence-corrected chi connectivity index (χ1v) is 5.42. The van der Waals surface area contributed by atoms with E-state index in [-0.39, 0.29) is 0 Å². The summed E-state index contributed by atoms with van der Waals surface area (Å²) >= 11 is 0. The molecular formula is C13H10N4O. The van der Waals surface area contributed by atoms with Crippen LogP contribution in [0.15, 0.2) is 43.0 Å². The molecule has 0 saturated carbocycles. The predicted octanol–water partition coefficient (Wildman–Crippen LogP) is 1.79. The maximum absolute atomic E-state index is 10.6. The van der Waals surface area contributed by atoms with Crippen LogP contribution in [0.2, 0.25) is 0 Å². The number of fused-ring (bicyclic) bond motifs is 1. The minimum absolute atomic E-state index is 0.435. The summed E-state index contributed by atoms with van der Waals surface area (Å²) in [5.74, 6) is 0.435. The number of aromatic nitrogens is 3. The van der Waals surface area contributed by atoms with Crippen molar-refractivity contribution in [3.8, 4) is 11.3 Å². The maximum atomic E-state index is 10.6. The molecule has 3 rings (SSSR count). The molecule has 18 heavy (non-hydrogen) atoms. The lowest BCUT2D eigenvalue weighted by Crippen LogP contribution is -1.95. The van der Waals surface area contributed by atoms with Crippen LogP contribution >= 0.6 is 0 Å². The Kier molecular flexibility index (Phi) is 2.30. The lowest BCUT2D eigenvalue weighted by atomic mass is 10.1. The SMILES string of the molecule is Nc1nccn2cnc(-c3ccc(C=O)cc3)c12. The normalized spacial score (nSPS) is 10.7. The number of aldehydes is 1. The number of imidazole rings is 1. The van der Waals surface area contributed by atoms with Gasteiger partial charge in [-0.2, -0.15) is 0 Å². The molecule has 5 nitrogen and oxygen atoms in total. The van der Waals surface area contributed by atoms with Crippen LogP contribution in [-0.2, 0) is 0 Å². The number of nitrogens with two attached hydrogens (primary N) is 1. The largest absolute Gasteiger partial charge is 0.382 e. The first-order valence-electron chi connectivity index (χ1n) is 5.42. The van der Waals surface area contributed by atoms with Gasteiger partial charge in [0.25, 0.3) is 0 Å². The van der Waals surface area contributed by atoms with Gasteiger partial charge in [-0.15, -0.1) is 0 Å². The first-order chi connectivity index (χ1) is 8.79. The summed E-state index contributed by atoms with van der Waals surface area (Å²) < 4.78 is 1.82. The van der Waals surface area contributed by atoms with E-state index in [0.717, 1.165) is 23.1 Å². The molecule has 0 aliphatic carbocycles. The third-order valence-corrected chi connectivity index (χ3v) is 2.80. The number of benzene rings is 1. The summed E-state index contributed by atoms with van der Waals surface area (Å²) in [5, 5.41) is 0. The van der Waals surface area contributed by atoms with Crippen molar-refractivity contribution in [1.29, 1.82) is 0 Å². The first kappa shape index (κ1) is 10.5. The Labute approximate surface area is 103 Å². The minimum Gasteiger partial charge on any atom is -0.382 e. The second kappa shape index (κ2) is 3.96. The molecule has 2 aromatic heterocycles. The fraction of sp³-hybridized carbons (Fsp3) is 0. The van der Waals surface area contributed by atoms with Gasteiger partial charge in [0.15, 0.2) is 0 Å². The van der Waals surface area contributed by atoms with Crippen molar-refractivity contribution in [2.45, 2.75) is 0 Å². The quantitative estimate of drug-likeness (QED) is 0.691.